The van der Waals surface area contributed by atoms with Gasteiger partial charge in [-0.1, -0.05) is 13.8 Å². The predicted molar refractivity (Wildman–Crippen MR) is 72.8 cm³/mol. The standard InChI is InChI=1S/C9H14O3.C7H12/c1-5-6(8(10)11)3-4-7-9(5,2)12-7;1-5-4-6-2-3-7(5)6/h5-7H,3-4H2,1-2H3,(H,10,11);5-7H,2-4H2,1H3. The Kier molecular flexibility index (Phi) is 3.16. The third-order valence-corrected chi connectivity index (χ3v) is 6.42. The fourth-order valence-corrected chi connectivity index (χ4v) is 4.43. The second kappa shape index (κ2) is 4.47. The molecule has 0 radical (unpaired) electrons. The molecular weight excluding hydrogens is 240 g/mol. The summed E-state index contributed by atoms with van der Waals surface area (Å²) in [5, 5.41) is 8.90. The van der Waals surface area contributed by atoms with Gasteiger partial charge in [0.05, 0.1) is 17.6 Å². The van der Waals surface area contributed by atoms with Crippen LogP contribution in [-0.4, -0.2) is 22.8 Å². The third-order valence-electron chi connectivity index (χ3n) is 6.42. The monoisotopic (exact) mass is 266 g/mol. The maximum Gasteiger partial charge on any atom is 0.306 e. The normalized spacial score (nSPS) is 53.4. The third kappa shape index (κ3) is 2.10. The summed E-state index contributed by atoms with van der Waals surface area (Å²) in [6.45, 7) is 6.40. The van der Waals surface area contributed by atoms with E-state index in [1.54, 1.807) is 19.3 Å². The molecule has 1 saturated heterocycles. The summed E-state index contributed by atoms with van der Waals surface area (Å²) in [6, 6.07) is 0. The minimum absolute atomic E-state index is 0.124. The minimum Gasteiger partial charge on any atom is -0.481 e. The Morgan fingerprint density at radius 2 is 1.95 bits per heavy atom. The molecule has 3 heteroatoms. The van der Waals surface area contributed by atoms with Gasteiger partial charge in [-0.15, -0.1) is 0 Å². The molecule has 1 aliphatic heterocycles. The Morgan fingerprint density at radius 3 is 2.32 bits per heavy atom. The summed E-state index contributed by atoms with van der Waals surface area (Å²) in [6.07, 6.45) is 6.67. The zero-order valence-corrected chi connectivity index (χ0v) is 12.3. The van der Waals surface area contributed by atoms with E-state index in [1.807, 2.05) is 13.8 Å². The molecule has 108 valence electrons. The minimum atomic E-state index is -0.669. The molecule has 7 atom stereocenters. The van der Waals surface area contributed by atoms with Crippen molar-refractivity contribution < 1.29 is 14.6 Å². The predicted octanol–water partition coefficient (Wildman–Crippen LogP) is 3.33. The zero-order valence-electron chi connectivity index (χ0n) is 12.3. The van der Waals surface area contributed by atoms with Gasteiger partial charge in [0.25, 0.3) is 0 Å². The lowest BCUT2D eigenvalue weighted by Gasteiger charge is -2.51. The van der Waals surface area contributed by atoms with E-state index >= 15 is 0 Å². The van der Waals surface area contributed by atoms with Crippen LogP contribution in [0.25, 0.3) is 0 Å². The van der Waals surface area contributed by atoms with Crippen molar-refractivity contribution in [2.24, 2.45) is 29.6 Å². The number of carbonyl (C=O) groups is 1. The number of hydrogen-bond acceptors (Lipinski definition) is 2. The van der Waals surface area contributed by atoms with Gasteiger partial charge >= 0.3 is 5.97 Å². The van der Waals surface area contributed by atoms with Crippen LogP contribution in [0.4, 0.5) is 0 Å². The SMILES string of the molecule is CC1C(C(=O)O)CCC2OC21C.CC1CC2CCC12. The molecule has 1 N–H and O–H groups in total. The van der Waals surface area contributed by atoms with Gasteiger partial charge in [0.1, 0.15) is 0 Å². The molecule has 0 aromatic carbocycles. The molecule has 0 aromatic rings. The number of rotatable bonds is 1. The molecule has 1 heterocycles. The summed E-state index contributed by atoms with van der Waals surface area (Å²) in [7, 11) is 0. The van der Waals surface area contributed by atoms with Gasteiger partial charge in [-0.3, -0.25) is 4.79 Å². The smallest absolute Gasteiger partial charge is 0.306 e. The molecule has 4 rings (SSSR count). The van der Waals surface area contributed by atoms with Gasteiger partial charge in [0, 0.05) is 5.92 Å². The van der Waals surface area contributed by atoms with Crippen molar-refractivity contribution in [3.8, 4) is 0 Å². The van der Waals surface area contributed by atoms with E-state index in [2.05, 4.69) is 6.92 Å². The van der Waals surface area contributed by atoms with Crippen molar-refractivity contribution in [1.29, 1.82) is 0 Å². The number of aliphatic carboxylic acids is 1. The molecule has 3 saturated carbocycles. The first-order valence-electron chi connectivity index (χ1n) is 7.84. The molecular formula is C16H26O3. The van der Waals surface area contributed by atoms with Crippen molar-refractivity contribution >= 4 is 5.97 Å². The van der Waals surface area contributed by atoms with E-state index in [0.717, 1.165) is 18.8 Å². The van der Waals surface area contributed by atoms with Gasteiger partial charge in [-0.25, -0.2) is 0 Å². The molecule has 3 aliphatic carbocycles. The maximum atomic E-state index is 10.8. The first-order chi connectivity index (χ1) is 8.93. The number of carboxylic acid groups (broad SMARTS) is 1. The zero-order chi connectivity index (χ0) is 13.8. The Bertz CT molecular complexity index is 376. The highest BCUT2D eigenvalue weighted by molar-refractivity contribution is 5.71. The molecule has 19 heavy (non-hydrogen) atoms. The number of hydrogen-bond donors (Lipinski definition) is 1. The van der Waals surface area contributed by atoms with E-state index in [-0.39, 0.29) is 17.4 Å². The summed E-state index contributed by atoms with van der Waals surface area (Å²) in [5.41, 5.74) is -0.124. The van der Waals surface area contributed by atoms with E-state index in [4.69, 9.17) is 9.84 Å². The molecule has 0 bridgehead atoms. The summed E-state index contributed by atoms with van der Waals surface area (Å²) in [5.74, 6) is 2.76. The maximum absolute atomic E-state index is 10.8. The largest absolute Gasteiger partial charge is 0.481 e. The van der Waals surface area contributed by atoms with Crippen LogP contribution in [0.1, 0.15) is 52.9 Å². The topological polar surface area (TPSA) is 49.8 Å². The van der Waals surface area contributed by atoms with Crippen molar-refractivity contribution in [1.82, 2.24) is 0 Å². The van der Waals surface area contributed by atoms with Crippen LogP contribution in [0, 0.1) is 29.6 Å². The van der Waals surface area contributed by atoms with Crippen LogP contribution in [0.5, 0.6) is 0 Å². The first kappa shape index (κ1) is 13.4. The van der Waals surface area contributed by atoms with Crippen LogP contribution in [-0.2, 0) is 9.53 Å². The fraction of sp³-hybridized carbons (Fsp3) is 0.938. The lowest BCUT2D eigenvalue weighted by atomic mass is 9.54. The molecule has 7 unspecified atom stereocenters. The number of carboxylic acids is 1. The average Bonchev–Trinajstić information content (AvgIpc) is 3.00. The first-order valence-corrected chi connectivity index (χ1v) is 7.84. The van der Waals surface area contributed by atoms with E-state index < -0.39 is 5.97 Å². The number of epoxide rings is 1. The van der Waals surface area contributed by atoms with Gasteiger partial charge in [-0.05, 0) is 56.8 Å². The molecule has 4 fully saturated rings. The number of fused-ring (bicyclic) bond motifs is 2. The van der Waals surface area contributed by atoms with Crippen molar-refractivity contribution in [2.45, 2.75) is 64.6 Å². The van der Waals surface area contributed by atoms with E-state index in [1.165, 1.54) is 11.8 Å². The summed E-state index contributed by atoms with van der Waals surface area (Å²) >= 11 is 0. The highest BCUT2D eigenvalue weighted by atomic mass is 16.6. The van der Waals surface area contributed by atoms with Crippen LogP contribution >= 0.6 is 0 Å². The molecule has 3 nitrogen and oxygen atoms in total. The van der Waals surface area contributed by atoms with Gasteiger partial charge < -0.3 is 9.84 Å². The van der Waals surface area contributed by atoms with Gasteiger partial charge in [0.15, 0.2) is 0 Å². The Morgan fingerprint density at radius 1 is 1.21 bits per heavy atom. The van der Waals surface area contributed by atoms with Crippen LogP contribution in [0.15, 0.2) is 0 Å². The fourth-order valence-electron chi connectivity index (χ4n) is 4.43. The molecule has 4 aliphatic rings. The quantitative estimate of drug-likeness (QED) is 0.741. The molecule has 0 spiro atoms. The molecule has 0 aromatic heterocycles. The van der Waals surface area contributed by atoms with Crippen molar-refractivity contribution in [3.63, 3.8) is 0 Å². The van der Waals surface area contributed by atoms with Crippen molar-refractivity contribution in [2.75, 3.05) is 0 Å². The van der Waals surface area contributed by atoms with E-state index in [9.17, 15) is 4.79 Å². The Hall–Kier alpha value is -0.570. The second-order valence-corrected chi connectivity index (χ2v) is 7.32. The summed E-state index contributed by atoms with van der Waals surface area (Å²) < 4.78 is 5.49. The Balaban J connectivity index is 0.000000132. The van der Waals surface area contributed by atoms with Crippen LogP contribution in [0.2, 0.25) is 0 Å². The van der Waals surface area contributed by atoms with Gasteiger partial charge in [0.2, 0.25) is 0 Å². The van der Waals surface area contributed by atoms with Crippen LogP contribution < -0.4 is 0 Å². The second-order valence-electron chi connectivity index (χ2n) is 7.32. The summed E-state index contributed by atoms with van der Waals surface area (Å²) in [4.78, 5) is 10.8. The van der Waals surface area contributed by atoms with Gasteiger partial charge in [-0.2, -0.15) is 0 Å². The Labute approximate surface area is 115 Å². The highest BCUT2D eigenvalue weighted by Gasteiger charge is 2.61. The average molecular weight is 266 g/mol. The van der Waals surface area contributed by atoms with Crippen molar-refractivity contribution in [3.05, 3.63) is 0 Å². The lowest BCUT2D eigenvalue weighted by Crippen LogP contribution is -2.42. The molecule has 0 amide bonds. The lowest BCUT2D eigenvalue weighted by molar-refractivity contribution is -0.145. The number of ether oxygens (including phenoxy) is 1. The van der Waals surface area contributed by atoms with E-state index in [0.29, 0.717) is 6.10 Å². The highest BCUT2D eigenvalue weighted by Crippen LogP contribution is 2.54. The van der Waals surface area contributed by atoms with Crippen LogP contribution in [0.3, 0.4) is 0 Å².